The summed E-state index contributed by atoms with van der Waals surface area (Å²) in [5.74, 6) is 1.20. The first-order valence-corrected chi connectivity index (χ1v) is 7.66. The first kappa shape index (κ1) is 13.1. The monoisotopic (exact) mass is 323 g/mol. The molecule has 102 valence electrons. The standard InChI is InChI=1S/C14H18BrN3O/c15-12-2-1-5-16-14(12)18-13(19)8-9-6-10-3-4-11(7-9)17-10/h1-2,5,9-11,17H,3-4,6-8H2,(H,16,18,19). The molecule has 0 aromatic carbocycles. The van der Waals surface area contributed by atoms with Crippen LogP contribution in [0, 0.1) is 5.92 Å². The summed E-state index contributed by atoms with van der Waals surface area (Å²) in [6.07, 6.45) is 7.10. The van der Waals surface area contributed by atoms with Gasteiger partial charge in [-0.1, -0.05) is 0 Å². The lowest BCUT2D eigenvalue weighted by atomic mass is 9.89. The summed E-state index contributed by atoms with van der Waals surface area (Å²) < 4.78 is 0.828. The Morgan fingerprint density at radius 1 is 1.42 bits per heavy atom. The van der Waals surface area contributed by atoms with Gasteiger partial charge in [0.25, 0.3) is 0 Å². The summed E-state index contributed by atoms with van der Waals surface area (Å²) in [4.78, 5) is 16.2. The van der Waals surface area contributed by atoms with E-state index in [-0.39, 0.29) is 5.91 Å². The smallest absolute Gasteiger partial charge is 0.225 e. The molecular formula is C14H18BrN3O. The maximum Gasteiger partial charge on any atom is 0.225 e. The van der Waals surface area contributed by atoms with Gasteiger partial charge in [0, 0.05) is 24.7 Å². The van der Waals surface area contributed by atoms with E-state index in [4.69, 9.17) is 0 Å². The molecule has 2 N–H and O–H groups in total. The molecule has 0 spiro atoms. The van der Waals surface area contributed by atoms with Gasteiger partial charge in [-0.2, -0.15) is 0 Å². The fraction of sp³-hybridized carbons (Fsp3) is 0.571. The Bertz CT molecular complexity index is 468. The molecule has 2 atom stereocenters. The summed E-state index contributed by atoms with van der Waals surface area (Å²) in [6, 6.07) is 4.99. The maximum atomic E-state index is 12.1. The Labute approximate surface area is 121 Å². The number of hydrogen-bond acceptors (Lipinski definition) is 3. The van der Waals surface area contributed by atoms with Gasteiger partial charge in [-0.3, -0.25) is 4.79 Å². The molecule has 1 amide bonds. The third-order valence-electron chi connectivity index (χ3n) is 4.06. The van der Waals surface area contributed by atoms with Crippen molar-refractivity contribution in [1.82, 2.24) is 10.3 Å². The second-order valence-corrected chi connectivity index (χ2v) is 6.42. The van der Waals surface area contributed by atoms with E-state index in [1.807, 2.05) is 12.1 Å². The zero-order valence-electron chi connectivity index (χ0n) is 10.7. The fourth-order valence-electron chi connectivity index (χ4n) is 3.26. The van der Waals surface area contributed by atoms with Crippen LogP contribution in [0.2, 0.25) is 0 Å². The van der Waals surface area contributed by atoms with Crippen molar-refractivity contribution in [2.45, 2.75) is 44.2 Å². The van der Waals surface area contributed by atoms with Crippen LogP contribution >= 0.6 is 15.9 Å². The predicted octanol–water partition coefficient (Wildman–Crippen LogP) is 2.70. The Kier molecular flexibility index (Phi) is 3.84. The minimum Gasteiger partial charge on any atom is -0.311 e. The Hall–Kier alpha value is -0.940. The van der Waals surface area contributed by atoms with Crippen LogP contribution < -0.4 is 10.6 Å². The quantitative estimate of drug-likeness (QED) is 0.899. The number of hydrogen-bond donors (Lipinski definition) is 2. The van der Waals surface area contributed by atoms with Gasteiger partial charge in [0.15, 0.2) is 0 Å². The molecule has 2 unspecified atom stereocenters. The number of carbonyl (C=O) groups excluding carboxylic acids is 1. The topological polar surface area (TPSA) is 54.0 Å². The number of fused-ring (bicyclic) bond motifs is 2. The molecule has 0 saturated carbocycles. The lowest BCUT2D eigenvalue weighted by molar-refractivity contribution is -0.117. The number of nitrogens with zero attached hydrogens (tertiary/aromatic N) is 1. The third-order valence-corrected chi connectivity index (χ3v) is 4.70. The molecule has 1 aromatic heterocycles. The molecule has 3 heterocycles. The average molecular weight is 324 g/mol. The van der Waals surface area contributed by atoms with E-state index < -0.39 is 0 Å². The number of halogens is 1. The summed E-state index contributed by atoms with van der Waals surface area (Å²) in [5.41, 5.74) is 0. The molecule has 2 bridgehead atoms. The van der Waals surface area contributed by atoms with Crippen LogP contribution in [0.5, 0.6) is 0 Å². The van der Waals surface area contributed by atoms with E-state index in [2.05, 4.69) is 31.5 Å². The Morgan fingerprint density at radius 3 is 2.84 bits per heavy atom. The number of nitrogens with one attached hydrogen (secondary N) is 2. The van der Waals surface area contributed by atoms with Crippen molar-refractivity contribution in [2.24, 2.45) is 5.92 Å². The minimum absolute atomic E-state index is 0.0747. The fourth-order valence-corrected chi connectivity index (χ4v) is 3.62. The van der Waals surface area contributed by atoms with Crippen molar-refractivity contribution >= 4 is 27.7 Å². The van der Waals surface area contributed by atoms with Crippen molar-refractivity contribution in [1.29, 1.82) is 0 Å². The van der Waals surface area contributed by atoms with Gasteiger partial charge in [-0.15, -0.1) is 0 Å². The lowest BCUT2D eigenvalue weighted by Gasteiger charge is -2.28. The molecular weight excluding hydrogens is 306 g/mol. The molecule has 4 nitrogen and oxygen atoms in total. The molecule has 2 fully saturated rings. The number of carbonyl (C=O) groups is 1. The van der Waals surface area contributed by atoms with E-state index in [9.17, 15) is 4.79 Å². The van der Waals surface area contributed by atoms with Gasteiger partial charge in [0.2, 0.25) is 5.91 Å². The van der Waals surface area contributed by atoms with Crippen LogP contribution in [-0.2, 0) is 4.79 Å². The number of amides is 1. The van der Waals surface area contributed by atoms with Crippen LogP contribution in [0.25, 0.3) is 0 Å². The maximum absolute atomic E-state index is 12.1. The first-order chi connectivity index (χ1) is 9.20. The van der Waals surface area contributed by atoms with Gasteiger partial charge in [-0.05, 0) is 59.7 Å². The third kappa shape index (κ3) is 3.15. The van der Waals surface area contributed by atoms with Gasteiger partial charge in [0.1, 0.15) is 5.82 Å². The molecule has 2 aliphatic rings. The second kappa shape index (κ2) is 5.59. The molecule has 1 aromatic rings. The zero-order valence-corrected chi connectivity index (χ0v) is 12.3. The molecule has 0 radical (unpaired) electrons. The molecule has 5 heteroatoms. The summed E-state index contributed by atoms with van der Waals surface area (Å²) in [6.45, 7) is 0. The van der Waals surface area contributed by atoms with E-state index in [1.54, 1.807) is 6.20 Å². The van der Waals surface area contributed by atoms with Crippen LogP contribution in [-0.4, -0.2) is 23.0 Å². The van der Waals surface area contributed by atoms with Crippen molar-refractivity contribution in [3.63, 3.8) is 0 Å². The number of pyridine rings is 1. The summed E-state index contributed by atoms with van der Waals surface area (Å²) >= 11 is 3.39. The van der Waals surface area contributed by atoms with Crippen LogP contribution in [0.4, 0.5) is 5.82 Å². The van der Waals surface area contributed by atoms with Gasteiger partial charge >= 0.3 is 0 Å². The normalized spacial score (nSPS) is 29.2. The highest BCUT2D eigenvalue weighted by Crippen LogP contribution is 2.32. The Morgan fingerprint density at radius 2 is 2.16 bits per heavy atom. The van der Waals surface area contributed by atoms with Crippen molar-refractivity contribution in [3.05, 3.63) is 22.8 Å². The lowest BCUT2D eigenvalue weighted by Crippen LogP contribution is -2.39. The van der Waals surface area contributed by atoms with Crippen LogP contribution in [0.1, 0.15) is 32.1 Å². The van der Waals surface area contributed by atoms with Gasteiger partial charge in [-0.25, -0.2) is 4.98 Å². The first-order valence-electron chi connectivity index (χ1n) is 6.87. The van der Waals surface area contributed by atoms with Crippen LogP contribution in [0.3, 0.4) is 0 Å². The summed E-state index contributed by atoms with van der Waals surface area (Å²) in [5, 5.41) is 6.49. The SMILES string of the molecule is O=C(CC1CC2CCC(C1)N2)Nc1ncccc1Br. The largest absolute Gasteiger partial charge is 0.311 e. The number of rotatable bonds is 3. The molecule has 2 aliphatic heterocycles. The van der Waals surface area contributed by atoms with Crippen LogP contribution in [0.15, 0.2) is 22.8 Å². The van der Waals surface area contributed by atoms with Gasteiger partial charge < -0.3 is 10.6 Å². The summed E-state index contributed by atoms with van der Waals surface area (Å²) in [7, 11) is 0. The van der Waals surface area contributed by atoms with E-state index >= 15 is 0 Å². The predicted molar refractivity (Wildman–Crippen MR) is 77.9 cm³/mol. The number of piperidine rings is 1. The molecule has 0 aliphatic carbocycles. The van der Waals surface area contributed by atoms with Crippen molar-refractivity contribution in [2.75, 3.05) is 5.32 Å². The van der Waals surface area contributed by atoms with E-state index in [0.29, 0.717) is 30.2 Å². The zero-order chi connectivity index (χ0) is 13.2. The second-order valence-electron chi connectivity index (χ2n) is 5.56. The highest BCUT2D eigenvalue weighted by molar-refractivity contribution is 9.10. The number of anilines is 1. The molecule has 3 rings (SSSR count). The van der Waals surface area contributed by atoms with Gasteiger partial charge in [0.05, 0.1) is 4.47 Å². The minimum atomic E-state index is 0.0747. The van der Waals surface area contributed by atoms with Crippen molar-refractivity contribution < 1.29 is 4.79 Å². The van der Waals surface area contributed by atoms with E-state index in [0.717, 1.165) is 17.3 Å². The van der Waals surface area contributed by atoms with Crippen molar-refractivity contribution in [3.8, 4) is 0 Å². The van der Waals surface area contributed by atoms with E-state index in [1.165, 1.54) is 12.8 Å². The molecule has 2 saturated heterocycles. The highest BCUT2D eigenvalue weighted by atomic mass is 79.9. The number of aromatic nitrogens is 1. The molecule has 19 heavy (non-hydrogen) atoms. The highest BCUT2D eigenvalue weighted by Gasteiger charge is 2.34. The Balaban J connectivity index is 1.56. The average Bonchev–Trinajstić information content (AvgIpc) is 2.72.